The summed E-state index contributed by atoms with van der Waals surface area (Å²) in [5.74, 6) is 0.426. The number of hydrogen-bond donors (Lipinski definition) is 0. The first kappa shape index (κ1) is 15.7. The van der Waals surface area contributed by atoms with Crippen molar-refractivity contribution in [2.45, 2.75) is 20.4 Å². The molecule has 0 saturated carbocycles. The highest BCUT2D eigenvalue weighted by Crippen LogP contribution is 2.26. The molecule has 0 fully saturated rings. The summed E-state index contributed by atoms with van der Waals surface area (Å²) in [4.78, 5) is 19.8. The molecule has 0 aliphatic rings. The van der Waals surface area contributed by atoms with E-state index in [0.717, 1.165) is 17.2 Å². The molecule has 2 rings (SSSR count). The number of hydrogen-bond acceptors (Lipinski definition) is 6. The van der Waals surface area contributed by atoms with Crippen LogP contribution in [0, 0.1) is 13.8 Å². The van der Waals surface area contributed by atoms with Crippen LogP contribution in [-0.2, 0) is 6.54 Å². The second-order valence-corrected chi connectivity index (χ2v) is 6.27. The normalized spacial score (nSPS) is 11.1. The lowest BCUT2D eigenvalue weighted by atomic mass is 10.2. The molecule has 0 N–H and O–H groups in total. The molecule has 2 heterocycles. The van der Waals surface area contributed by atoms with Crippen LogP contribution in [0.4, 0.5) is 0 Å². The lowest BCUT2D eigenvalue weighted by Gasteiger charge is -2.11. The summed E-state index contributed by atoms with van der Waals surface area (Å²) in [5, 5.41) is 5.15. The number of nitrogens with zero attached hydrogens (tertiary/aromatic N) is 4. The standard InChI is InChI=1S/C14H20N4O2S/c1-9-14(21-10(2)16-9)13(19)12-11(20-5)8-15-18(12)7-6-17(3)4/h8H,6-7H2,1-5H3. The highest BCUT2D eigenvalue weighted by molar-refractivity contribution is 7.14. The van der Waals surface area contributed by atoms with Crippen molar-refractivity contribution < 1.29 is 9.53 Å². The van der Waals surface area contributed by atoms with Gasteiger partial charge in [0.1, 0.15) is 0 Å². The molecule has 0 aromatic carbocycles. The number of thiazole rings is 1. The smallest absolute Gasteiger partial charge is 0.226 e. The van der Waals surface area contributed by atoms with Gasteiger partial charge in [0, 0.05) is 6.54 Å². The Morgan fingerprint density at radius 2 is 2.14 bits per heavy atom. The van der Waals surface area contributed by atoms with Crippen molar-refractivity contribution in [3.05, 3.63) is 27.5 Å². The third kappa shape index (κ3) is 3.30. The maximum atomic E-state index is 12.8. The number of likely N-dealkylation sites (N-methyl/N-ethyl adjacent to an activating group) is 1. The fourth-order valence-electron chi connectivity index (χ4n) is 2.06. The van der Waals surface area contributed by atoms with Crippen LogP contribution in [0.5, 0.6) is 5.75 Å². The van der Waals surface area contributed by atoms with Gasteiger partial charge in [0.2, 0.25) is 5.78 Å². The van der Waals surface area contributed by atoms with Crippen LogP contribution < -0.4 is 4.74 Å². The van der Waals surface area contributed by atoms with Gasteiger partial charge in [0.15, 0.2) is 11.4 Å². The van der Waals surface area contributed by atoms with E-state index in [-0.39, 0.29) is 5.78 Å². The summed E-state index contributed by atoms with van der Waals surface area (Å²) >= 11 is 1.41. The molecule has 0 spiro atoms. The second-order valence-electron chi connectivity index (χ2n) is 5.06. The number of carbonyl (C=O) groups excluding carboxylic acids is 1. The highest BCUT2D eigenvalue weighted by atomic mass is 32.1. The summed E-state index contributed by atoms with van der Waals surface area (Å²) in [7, 11) is 5.52. The molecule has 0 atom stereocenters. The van der Waals surface area contributed by atoms with Crippen LogP contribution in [0.25, 0.3) is 0 Å². The van der Waals surface area contributed by atoms with Gasteiger partial charge in [-0.2, -0.15) is 5.10 Å². The van der Waals surface area contributed by atoms with Crippen molar-refractivity contribution >= 4 is 17.1 Å². The Hall–Kier alpha value is -1.73. The summed E-state index contributed by atoms with van der Waals surface area (Å²) in [6.45, 7) is 5.18. The Kier molecular flexibility index (Phi) is 4.74. The van der Waals surface area contributed by atoms with Gasteiger partial charge < -0.3 is 9.64 Å². The number of rotatable bonds is 6. The van der Waals surface area contributed by atoms with E-state index in [1.165, 1.54) is 11.3 Å². The first-order chi connectivity index (χ1) is 9.93. The molecule has 114 valence electrons. The number of carbonyl (C=O) groups is 1. The zero-order valence-electron chi connectivity index (χ0n) is 13.0. The molecule has 0 aliphatic carbocycles. The van der Waals surface area contributed by atoms with Crippen LogP contribution >= 0.6 is 11.3 Å². The van der Waals surface area contributed by atoms with E-state index in [1.807, 2.05) is 32.8 Å². The zero-order chi connectivity index (χ0) is 15.6. The summed E-state index contributed by atoms with van der Waals surface area (Å²) in [5.41, 5.74) is 1.25. The third-order valence-electron chi connectivity index (χ3n) is 3.11. The quantitative estimate of drug-likeness (QED) is 0.761. The molecule has 2 aromatic heterocycles. The fourth-order valence-corrected chi connectivity index (χ4v) is 2.92. The Bertz CT molecular complexity index is 645. The SMILES string of the molecule is COc1cnn(CCN(C)C)c1C(=O)c1sc(C)nc1C. The molecule has 0 bridgehead atoms. The Balaban J connectivity index is 2.39. The molecule has 0 radical (unpaired) electrons. The van der Waals surface area contributed by atoms with Crippen molar-refractivity contribution in [2.24, 2.45) is 0 Å². The van der Waals surface area contributed by atoms with Crippen molar-refractivity contribution in [1.29, 1.82) is 0 Å². The molecule has 21 heavy (non-hydrogen) atoms. The van der Waals surface area contributed by atoms with Gasteiger partial charge >= 0.3 is 0 Å². The molecule has 0 saturated heterocycles. The minimum atomic E-state index is -0.0776. The minimum Gasteiger partial charge on any atom is -0.493 e. The van der Waals surface area contributed by atoms with E-state index < -0.39 is 0 Å². The van der Waals surface area contributed by atoms with Gasteiger partial charge in [-0.05, 0) is 27.9 Å². The fraction of sp³-hybridized carbons (Fsp3) is 0.500. The summed E-state index contributed by atoms with van der Waals surface area (Å²) < 4.78 is 6.99. The van der Waals surface area contributed by atoms with Crippen LogP contribution in [0.15, 0.2) is 6.20 Å². The monoisotopic (exact) mass is 308 g/mol. The van der Waals surface area contributed by atoms with E-state index in [4.69, 9.17) is 4.74 Å². The highest BCUT2D eigenvalue weighted by Gasteiger charge is 2.24. The molecule has 6 nitrogen and oxygen atoms in total. The van der Waals surface area contributed by atoms with Crippen LogP contribution in [-0.4, -0.2) is 53.2 Å². The maximum Gasteiger partial charge on any atom is 0.226 e. The lowest BCUT2D eigenvalue weighted by molar-refractivity contribution is 0.102. The molecule has 0 aliphatic heterocycles. The van der Waals surface area contributed by atoms with Gasteiger partial charge in [-0.3, -0.25) is 9.48 Å². The second kappa shape index (κ2) is 6.36. The van der Waals surface area contributed by atoms with Crippen LogP contribution in [0.3, 0.4) is 0 Å². The van der Waals surface area contributed by atoms with Crippen molar-refractivity contribution in [3.63, 3.8) is 0 Å². The predicted octanol–water partition coefficient (Wildman–Crippen LogP) is 1.76. The first-order valence-corrected chi connectivity index (χ1v) is 7.49. The predicted molar refractivity (Wildman–Crippen MR) is 82.4 cm³/mol. The maximum absolute atomic E-state index is 12.8. The Labute approximate surface area is 128 Å². The minimum absolute atomic E-state index is 0.0776. The average Bonchev–Trinajstić information content (AvgIpc) is 2.98. The number of aryl methyl sites for hydroxylation is 2. The van der Waals surface area contributed by atoms with Gasteiger partial charge in [-0.25, -0.2) is 4.98 Å². The molecular formula is C14H20N4O2S. The van der Waals surface area contributed by atoms with E-state index in [0.29, 0.717) is 22.9 Å². The molecule has 0 unspecified atom stereocenters. The Morgan fingerprint density at radius 3 is 2.67 bits per heavy atom. The van der Waals surface area contributed by atoms with Crippen molar-refractivity contribution in [1.82, 2.24) is 19.7 Å². The number of methoxy groups -OCH3 is 1. The summed E-state index contributed by atoms with van der Waals surface area (Å²) in [6.07, 6.45) is 1.59. The topological polar surface area (TPSA) is 60.2 Å². The van der Waals surface area contributed by atoms with Gasteiger partial charge in [0.25, 0.3) is 0 Å². The van der Waals surface area contributed by atoms with Crippen LogP contribution in [0.2, 0.25) is 0 Å². The van der Waals surface area contributed by atoms with Crippen molar-refractivity contribution in [2.75, 3.05) is 27.7 Å². The average molecular weight is 308 g/mol. The third-order valence-corrected chi connectivity index (χ3v) is 4.18. The van der Waals surface area contributed by atoms with Gasteiger partial charge in [-0.1, -0.05) is 0 Å². The number of aromatic nitrogens is 3. The van der Waals surface area contributed by atoms with E-state index >= 15 is 0 Å². The van der Waals surface area contributed by atoms with E-state index in [1.54, 1.807) is 18.0 Å². The van der Waals surface area contributed by atoms with E-state index in [9.17, 15) is 4.79 Å². The van der Waals surface area contributed by atoms with Crippen molar-refractivity contribution in [3.8, 4) is 5.75 Å². The zero-order valence-corrected chi connectivity index (χ0v) is 13.8. The molecule has 2 aromatic rings. The first-order valence-electron chi connectivity index (χ1n) is 6.67. The largest absolute Gasteiger partial charge is 0.493 e. The van der Waals surface area contributed by atoms with Gasteiger partial charge in [0.05, 0.1) is 35.4 Å². The van der Waals surface area contributed by atoms with E-state index in [2.05, 4.69) is 10.1 Å². The number of ether oxygens (including phenoxy) is 1. The molecule has 0 amide bonds. The summed E-state index contributed by atoms with van der Waals surface area (Å²) in [6, 6.07) is 0. The number of ketones is 1. The molecule has 7 heteroatoms. The lowest BCUT2D eigenvalue weighted by Crippen LogP contribution is -2.21. The van der Waals surface area contributed by atoms with Crippen LogP contribution in [0.1, 0.15) is 26.1 Å². The Morgan fingerprint density at radius 1 is 1.43 bits per heavy atom. The molecular weight excluding hydrogens is 288 g/mol. The van der Waals surface area contributed by atoms with Gasteiger partial charge in [-0.15, -0.1) is 11.3 Å².